The average molecular weight is 330 g/mol. The van der Waals surface area contributed by atoms with Gasteiger partial charge in [0.1, 0.15) is 23.5 Å². The molecule has 0 saturated carbocycles. The van der Waals surface area contributed by atoms with E-state index in [1.165, 1.54) is 6.07 Å². The maximum Gasteiger partial charge on any atom is 0.270 e. The molecule has 0 fully saturated rings. The van der Waals surface area contributed by atoms with Gasteiger partial charge in [0.05, 0.1) is 13.7 Å². The molecule has 126 valence electrons. The van der Waals surface area contributed by atoms with Gasteiger partial charge in [-0.1, -0.05) is 12.1 Å². The Morgan fingerprint density at radius 2 is 1.83 bits per heavy atom. The molecule has 0 bridgehead atoms. The highest BCUT2D eigenvalue weighted by Gasteiger charge is 2.12. The molecule has 1 aromatic heterocycles. The van der Waals surface area contributed by atoms with Gasteiger partial charge in [0.2, 0.25) is 0 Å². The summed E-state index contributed by atoms with van der Waals surface area (Å²) in [6.07, 6.45) is 1.15. The van der Waals surface area contributed by atoms with Gasteiger partial charge in [-0.2, -0.15) is 0 Å². The predicted molar refractivity (Wildman–Crippen MR) is 85.6 cm³/mol. The number of carbonyl (C=O) groups excluding carboxylic acids is 2. The summed E-state index contributed by atoms with van der Waals surface area (Å²) < 4.78 is 5.13. The summed E-state index contributed by atoms with van der Waals surface area (Å²) >= 11 is 0. The van der Waals surface area contributed by atoms with Gasteiger partial charge in [-0.15, -0.1) is 0 Å². The van der Waals surface area contributed by atoms with Crippen molar-refractivity contribution in [2.75, 3.05) is 20.3 Å². The van der Waals surface area contributed by atoms with Gasteiger partial charge in [0.15, 0.2) is 0 Å². The summed E-state index contributed by atoms with van der Waals surface area (Å²) in [7, 11) is 1.57. The lowest BCUT2D eigenvalue weighted by Gasteiger charge is -2.07. The number of amides is 2. The first kappa shape index (κ1) is 17.4. The minimum absolute atomic E-state index is 0.0602. The second-order valence-corrected chi connectivity index (χ2v) is 4.80. The van der Waals surface area contributed by atoms with Crippen LogP contribution < -0.4 is 15.4 Å². The maximum absolute atomic E-state index is 12.2. The van der Waals surface area contributed by atoms with Gasteiger partial charge < -0.3 is 20.5 Å². The van der Waals surface area contributed by atoms with Crippen molar-refractivity contribution >= 4 is 11.8 Å². The number of carbonyl (C=O) groups is 2. The van der Waals surface area contributed by atoms with E-state index < -0.39 is 11.8 Å². The van der Waals surface area contributed by atoms with Gasteiger partial charge in [0.25, 0.3) is 11.8 Å². The van der Waals surface area contributed by atoms with Crippen molar-refractivity contribution in [1.82, 2.24) is 20.6 Å². The minimum Gasteiger partial charge on any atom is -0.497 e. The molecule has 0 spiro atoms. The van der Waals surface area contributed by atoms with Crippen molar-refractivity contribution in [2.45, 2.75) is 6.54 Å². The Kier molecular flexibility index (Phi) is 6.21. The number of ether oxygens (including phenoxy) is 1. The molecule has 1 aromatic carbocycles. The first-order valence-corrected chi connectivity index (χ1v) is 7.26. The Morgan fingerprint density at radius 1 is 1.12 bits per heavy atom. The van der Waals surface area contributed by atoms with Crippen LogP contribution in [-0.2, 0) is 6.54 Å². The SMILES string of the molecule is COc1cccc(CNC(=O)c2cc(C(=O)NCCO)ncn2)c1. The molecule has 0 aliphatic rings. The molecule has 2 rings (SSSR count). The molecule has 0 aliphatic heterocycles. The van der Waals surface area contributed by atoms with Crippen LogP contribution in [-0.4, -0.2) is 47.2 Å². The molecule has 0 radical (unpaired) electrons. The van der Waals surface area contributed by atoms with Crippen LogP contribution in [0.5, 0.6) is 5.75 Å². The number of aliphatic hydroxyl groups excluding tert-OH is 1. The van der Waals surface area contributed by atoms with E-state index in [0.29, 0.717) is 12.3 Å². The number of nitrogens with one attached hydrogen (secondary N) is 2. The summed E-state index contributed by atoms with van der Waals surface area (Å²) in [5.74, 6) is -0.198. The maximum atomic E-state index is 12.2. The van der Waals surface area contributed by atoms with Gasteiger partial charge in [-0.25, -0.2) is 9.97 Å². The number of benzene rings is 1. The number of methoxy groups -OCH3 is 1. The zero-order chi connectivity index (χ0) is 17.4. The van der Waals surface area contributed by atoms with Crippen LogP contribution >= 0.6 is 0 Å². The first-order valence-electron chi connectivity index (χ1n) is 7.26. The standard InChI is InChI=1S/C16H18N4O4/c1-24-12-4-2-3-11(7-12)9-18-16(23)14-8-13(19-10-20-14)15(22)17-5-6-21/h2-4,7-8,10,21H,5-6,9H2,1H3,(H,17,22)(H,18,23). The summed E-state index contributed by atoms with van der Waals surface area (Å²) in [6.45, 7) is 0.233. The van der Waals surface area contributed by atoms with E-state index in [2.05, 4.69) is 20.6 Å². The lowest BCUT2D eigenvalue weighted by molar-refractivity contribution is 0.0939. The van der Waals surface area contributed by atoms with E-state index >= 15 is 0 Å². The van der Waals surface area contributed by atoms with Crippen LogP contribution in [0.2, 0.25) is 0 Å². The van der Waals surface area contributed by atoms with Crippen LogP contribution in [0.15, 0.2) is 36.7 Å². The van der Waals surface area contributed by atoms with Crippen LogP contribution in [0, 0.1) is 0 Å². The summed E-state index contributed by atoms with van der Waals surface area (Å²) in [6, 6.07) is 8.61. The van der Waals surface area contributed by atoms with E-state index in [4.69, 9.17) is 9.84 Å². The Hall–Kier alpha value is -3.00. The van der Waals surface area contributed by atoms with E-state index in [0.717, 1.165) is 11.9 Å². The number of hydrogen-bond donors (Lipinski definition) is 3. The summed E-state index contributed by atoms with van der Waals surface area (Å²) in [5, 5.41) is 13.9. The third-order valence-corrected chi connectivity index (χ3v) is 3.12. The third kappa shape index (κ3) is 4.75. The van der Waals surface area contributed by atoms with Crippen LogP contribution in [0.3, 0.4) is 0 Å². The van der Waals surface area contributed by atoms with Gasteiger partial charge in [-0.05, 0) is 17.7 Å². The van der Waals surface area contributed by atoms with Gasteiger partial charge in [-0.3, -0.25) is 9.59 Å². The molecule has 8 nitrogen and oxygen atoms in total. The molecule has 0 aliphatic carbocycles. The Balaban J connectivity index is 2.00. The fourth-order valence-corrected chi connectivity index (χ4v) is 1.92. The Bertz CT molecular complexity index is 721. The number of rotatable bonds is 7. The molecule has 1 heterocycles. The van der Waals surface area contributed by atoms with Gasteiger partial charge >= 0.3 is 0 Å². The van der Waals surface area contributed by atoms with Crippen LogP contribution in [0.25, 0.3) is 0 Å². The summed E-state index contributed by atoms with van der Waals surface area (Å²) in [4.78, 5) is 31.6. The highest BCUT2D eigenvalue weighted by molar-refractivity contribution is 5.97. The topological polar surface area (TPSA) is 113 Å². The fourth-order valence-electron chi connectivity index (χ4n) is 1.92. The average Bonchev–Trinajstić information content (AvgIpc) is 2.64. The van der Waals surface area contributed by atoms with Crippen molar-refractivity contribution in [1.29, 1.82) is 0 Å². The number of aromatic nitrogens is 2. The van der Waals surface area contributed by atoms with Gasteiger partial charge in [0, 0.05) is 19.2 Å². The Labute approximate surface area is 138 Å². The predicted octanol–water partition coefficient (Wildman–Crippen LogP) is 0.137. The van der Waals surface area contributed by atoms with Crippen LogP contribution in [0.1, 0.15) is 26.5 Å². The van der Waals surface area contributed by atoms with E-state index in [1.807, 2.05) is 24.3 Å². The Morgan fingerprint density at radius 3 is 2.50 bits per heavy atom. The largest absolute Gasteiger partial charge is 0.497 e. The second kappa shape index (κ2) is 8.59. The first-order chi connectivity index (χ1) is 11.6. The lowest BCUT2D eigenvalue weighted by Crippen LogP contribution is -2.28. The smallest absolute Gasteiger partial charge is 0.270 e. The number of nitrogens with zero attached hydrogens (tertiary/aromatic N) is 2. The van der Waals surface area contributed by atoms with E-state index in [-0.39, 0.29) is 24.5 Å². The normalized spacial score (nSPS) is 10.1. The molecular formula is C16H18N4O4. The number of aliphatic hydroxyl groups is 1. The lowest BCUT2D eigenvalue weighted by atomic mass is 10.2. The molecule has 0 atom stereocenters. The zero-order valence-electron chi connectivity index (χ0n) is 13.2. The molecule has 3 N–H and O–H groups in total. The minimum atomic E-state index is -0.478. The van der Waals surface area contributed by atoms with Crippen molar-refractivity contribution in [3.05, 3.63) is 53.6 Å². The van der Waals surface area contributed by atoms with Crippen molar-refractivity contribution in [2.24, 2.45) is 0 Å². The van der Waals surface area contributed by atoms with Crippen LogP contribution in [0.4, 0.5) is 0 Å². The number of hydrogen-bond acceptors (Lipinski definition) is 6. The quantitative estimate of drug-likeness (QED) is 0.665. The third-order valence-electron chi connectivity index (χ3n) is 3.12. The highest BCUT2D eigenvalue weighted by Crippen LogP contribution is 2.12. The van der Waals surface area contributed by atoms with E-state index in [1.54, 1.807) is 7.11 Å². The van der Waals surface area contributed by atoms with Crippen molar-refractivity contribution < 1.29 is 19.4 Å². The summed E-state index contributed by atoms with van der Waals surface area (Å²) in [5.41, 5.74) is 1.02. The molecule has 24 heavy (non-hydrogen) atoms. The molecule has 8 heteroatoms. The molecule has 0 saturated heterocycles. The monoisotopic (exact) mass is 330 g/mol. The highest BCUT2D eigenvalue weighted by atomic mass is 16.5. The molecule has 2 amide bonds. The molecular weight excluding hydrogens is 312 g/mol. The second-order valence-electron chi connectivity index (χ2n) is 4.80. The molecule has 2 aromatic rings. The van der Waals surface area contributed by atoms with Crippen molar-refractivity contribution in [3.63, 3.8) is 0 Å². The van der Waals surface area contributed by atoms with Crippen molar-refractivity contribution in [3.8, 4) is 5.75 Å². The van der Waals surface area contributed by atoms with E-state index in [9.17, 15) is 9.59 Å². The molecule has 0 unspecified atom stereocenters. The fraction of sp³-hybridized carbons (Fsp3) is 0.250. The zero-order valence-corrected chi connectivity index (χ0v) is 13.2.